The maximum Gasteiger partial charge on any atom is 0.434 e. The molecule has 0 unspecified atom stereocenters. The Labute approximate surface area is 187 Å². The zero-order chi connectivity index (χ0) is 23.6. The Bertz CT molecular complexity index is 1180. The van der Waals surface area contributed by atoms with Gasteiger partial charge in [-0.25, -0.2) is 19.6 Å². The lowest BCUT2D eigenvalue weighted by Crippen LogP contribution is -2.29. The summed E-state index contributed by atoms with van der Waals surface area (Å²) >= 11 is 0. The molecule has 174 valence electrons. The minimum absolute atomic E-state index is 0.0720. The Kier molecular flexibility index (Phi) is 6.36. The first kappa shape index (κ1) is 22.8. The Morgan fingerprint density at radius 2 is 2.03 bits per heavy atom. The number of nitrogens with zero attached hydrogens (tertiary/aromatic N) is 6. The van der Waals surface area contributed by atoms with Crippen LogP contribution >= 0.6 is 0 Å². The summed E-state index contributed by atoms with van der Waals surface area (Å²) in [6, 6.07) is -0.110. The highest BCUT2D eigenvalue weighted by atomic mass is 19.4. The SMILES string of the molecule is CCn1ncc2c(NC3CCOCC3)c(/C=N/C(=O)c3cnc(C)cn3)c(C(F)(F)F)nc21. The zero-order valence-corrected chi connectivity index (χ0v) is 18.1. The third-order valence-electron chi connectivity index (χ3n) is 5.27. The number of ether oxygens (including phenoxy) is 1. The number of alkyl halides is 3. The van der Waals surface area contributed by atoms with Crippen molar-refractivity contribution in [2.75, 3.05) is 18.5 Å². The number of halogens is 3. The van der Waals surface area contributed by atoms with Crippen LogP contribution in [-0.2, 0) is 17.5 Å². The molecule has 0 aromatic carbocycles. The van der Waals surface area contributed by atoms with Gasteiger partial charge in [0.05, 0.1) is 29.2 Å². The van der Waals surface area contributed by atoms with Crippen LogP contribution in [0.2, 0.25) is 0 Å². The first-order valence-electron chi connectivity index (χ1n) is 10.5. The van der Waals surface area contributed by atoms with Gasteiger partial charge in [0.1, 0.15) is 5.69 Å². The van der Waals surface area contributed by atoms with Crippen LogP contribution in [0.5, 0.6) is 0 Å². The fourth-order valence-electron chi connectivity index (χ4n) is 3.57. The largest absolute Gasteiger partial charge is 0.434 e. The predicted octanol–water partition coefficient (Wildman–Crippen LogP) is 3.42. The van der Waals surface area contributed by atoms with Crippen molar-refractivity contribution in [2.45, 2.75) is 45.5 Å². The van der Waals surface area contributed by atoms with Gasteiger partial charge in [0.25, 0.3) is 5.91 Å². The number of rotatable bonds is 5. The second kappa shape index (κ2) is 9.22. The van der Waals surface area contributed by atoms with Crippen molar-refractivity contribution in [3.8, 4) is 0 Å². The van der Waals surface area contributed by atoms with Crippen molar-refractivity contribution in [2.24, 2.45) is 4.99 Å². The summed E-state index contributed by atoms with van der Waals surface area (Å²) in [4.78, 5) is 28.0. The maximum absolute atomic E-state index is 14.1. The molecule has 4 heterocycles. The van der Waals surface area contributed by atoms with Crippen LogP contribution in [0.4, 0.5) is 18.9 Å². The van der Waals surface area contributed by atoms with Crippen molar-refractivity contribution in [3.05, 3.63) is 41.2 Å². The van der Waals surface area contributed by atoms with E-state index in [1.54, 1.807) is 13.8 Å². The van der Waals surface area contributed by atoms with Crippen molar-refractivity contribution in [3.63, 3.8) is 0 Å². The molecule has 12 heteroatoms. The average molecular weight is 461 g/mol. The first-order valence-corrected chi connectivity index (χ1v) is 10.5. The first-order chi connectivity index (χ1) is 15.8. The van der Waals surface area contributed by atoms with E-state index >= 15 is 0 Å². The molecular formula is C21H22F3N7O2. The van der Waals surface area contributed by atoms with Crippen molar-refractivity contribution in [1.29, 1.82) is 0 Å². The molecule has 0 saturated carbocycles. The van der Waals surface area contributed by atoms with E-state index in [4.69, 9.17) is 4.74 Å². The molecule has 0 radical (unpaired) electrons. The molecular weight excluding hydrogens is 439 g/mol. The summed E-state index contributed by atoms with van der Waals surface area (Å²) in [5, 5.41) is 7.80. The molecule has 1 N–H and O–H groups in total. The molecule has 1 fully saturated rings. The third-order valence-corrected chi connectivity index (χ3v) is 5.27. The van der Waals surface area contributed by atoms with Crippen molar-refractivity contribution >= 4 is 28.8 Å². The molecule has 1 saturated heterocycles. The smallest absolute Gasteiger partial charge is 0.381 e. The number of aromatic nitrogens is 5. The second-order valence-corrected chi connectivity index (χ2v) is 7.58. The number of nitrogens with one attached hydrogen (secondary N) is 1. The summed E-state index contributed by atoms with van der Waals surface area (Å²) < 4.78 is 48.9. The molecule has 0 spiro atoms. The van der Waals surface area contributed by atoms with E-state index in [9.17, 15) is 18.0 Å². The van der Waals surface area contributed by atoms with Gasteiger partial charge in [-0.05, 0) is 26.7 Å². The highest BCUT2D eigenvalue weighted by Crippen LogP contribution is 2.37. The molecule has 3 aromatic rings. The van der Waals surface area contributed by atoms with Crippen LogP contribution in [0.25, 0.3) is 11.0 Å². The van der Waals surface area contributed by atoms with E-state index in [2.05, 4.69) is 30.4 Å². The highest BCUT2D eigenvalue weighted by Gasteiger charge is 2.38. The van der Waals surface area contributed by atoms with E-state index in [-0.39, 0.29) is 28.6 Å². The Hall–Kier alpha value is -3.41. The van der Waals surface area contributed by atoms with Gasteiger partial charge in [0.2, 0.25) is 0 Å². The molecule has 0 aliphatic carbocycles. The number of hydrogen-bond donors (Lipinski definition) is 1. The molecule has 9 nitrogen and oxygen atoms in total. The number of pyridine rings is 1. The van der Waals surface area contributed by atoms with Crippen LogP contribution in [-0.4, -0.2) is 56.1 Å². The van der Waals surface area contributed by atoms with Gasteiger partial charge in [-0.3, -0.25) is 9.78 Å². The summed E-state index contributed by atoms with van der Waals surface area (Å²) in [7, 11) is 0. The number of hydrogen-bond acceptors (Lipinski definition) is 7. The lowest BCUT2D eigenvalue weighted by molar-refractivity contribution is -0.141. The zero-order valence-electron chi connectivity index (χ0n) is 18.1. The number of aryl methyl sites for hydroxylation is 2. The van der Waals surface area contributed by atoms with E-state index in [1.165, 1.54) is 23.3 Å². The number of carbonyl (C=O) groups is 1. The van der Waals surface area contributed by atoms with Crippen LogP contribution < -0.4 is 5.32 Å². The minimum atomic E-state index is -4.78. The van der Waals surface area contributed by atoms with Crippen molar-refractivity contribution < 1.29 is 22.7 Å². The topological polar surface area (TPSA) is 107 Å². The van der Waals surface area contributed by atoms with Gasteiger partial charge in [-0.1, -0.05) is 0 Å². The van der Waals surface area contributed by atoms with Gasteiger partial charge in [0, 0.05) is 43.8 Å². The maximum atomic E-state index is 14.1. The van der Waals surface area contributed by atoms with Crippen LogP contribution in [0.15, 0.2) is 23.6 Å². The third kappa shape index (κ3) is 4.85. The Morgan fingerprint density at radius 1 is 1.27 bits per heavy atom. The predicted molar refractivity (Wildman–Crippen MR) is 114 cm³/mol. The molecule has 3 aromatic heterocycles. The van der Waals surface area contributed by atoms with E-state index in [0.717, 1.165) is 6.21 Å². The van der Waals surface area contributed by atoms with Gasteiger partial charge in [-0.2, -0.15) is 18.3 Å². The summed E-state index contributed by atoms with van der Waals surface area (Å²) in [6.07, 6.45) is 1.45. The summed E-state index contributed by atoms with van der Waals surface area (Å²) in [5.74, 6) is -0.808. The standard InChI is InChI=1S/C21H22F3N7O2/c1-3-31-19-15(10-28-31)17(29-13-4-6-33-7-5-13)14(18(30-19)21(22,23)24)9-27-20(32)16-11-25-12(2)8-26-16/h8-11,13H,3-7H2,1-2H3,(H,29,30)/b27-9+. The summed E-state index contributed by atoms with van der Waals surface area (Å²) in [5.41, 5.74) is -0.660. The summed E-state index contributed by atoms with van der Waals surface area (Å²) in [6.45, 7) is 4.82. The van der Waals surface area contributed by atoms with E-state index < -0.39 is 17.8 Å². The average Bonchev–Trinajstić information content (AvgIpc) is 3.21. The van der Waals surface area contributed by atoms with Crippen molar-refractivity contribution in [1.82, 2.24) is 24.7 Å². The van der Waals surface area contributed by atoms with Gasteiger partial charge >= 0.3 is 6.18 Å². The number of aliphatic imine (C=N–C) groups is 1. The van der Waals surface area contributed by atoms with Gasteiger partial charge in [-0.15, -0.1) is 0 Å². The minimum Gasteiger partial charge on any atom is -0.381 e. The molecule has 1 amide bonds. The monoisotopic (exact) mass is 461 g/mol. The normalized spacial score (nSPS) is 15.4. The molecule has 1 aliphatic rings. The van der Waals surface area contributed by atoms with Crippen LogP contribution in [0, 0.1) is 6.92 Å². The molecule has 0 atom stereocenters. The van der Waals surface area contributed by atoms with E-state index in [0.29, 0.717) is 43.7 Å². The van der Waals surface area contributed by atoms with Gasteiger partial charge < -0.3 is 10.1 Å². The molecule has 1 aliphatic heterocycles. The number of anilines is 1. The Balaban J connectivity index is 1.84. The molecule has 4 rings (SSSR count). The lowest BCUT2D eigenvalue weighted by atomic mass is 10.0. The highest BCUT2D eigenvalue weighted by molar-refractivity contribution is 6.06. The number of fused-ring (bicyclic) bond motifs is 1. The molecule has 33 heavy (non-hydrogen) atoms. The fourth-order valence-corrected chi connectivity index (χ4v) is 3.57. The van der Waals surface area contributed by atoms with Crippen LogP contribution in [0.1, 0.15) is 47.2 Å². The van der Waals surface area contributed by atoms with E-state index in [1.807, 2.05) is 0 Å². The quantitative estimate of drug-likeness (QED) is 0.580. The van der Waals surface area contributed by atoms with Crippen LogP contribution in [0.3, 0.4) is 0 Å². The number of amides is 1. The second-order valence-electron chi connectivity index (χ2n) is 7.58. The van der Waals surface area contributed by atoms with Gasteiger partial charge in [0.15, 0.2) is 11.3 Å². The Morgan fingerprint density at radius 3 is 2.67 bits per heavy atom. The lowest BCUT2D eigenvalue weighted by Gasteiger charge is -2.26. The molecule has 0 bridgehead atoms. The fraction of sp³-hybridized carbons (Fsp3) is 0.429. The number of carbonyl (C=O) groups excluding carboxylic acids is 1.